The van der Waals surface area contributed by atoms with Crippen LogP contribution in [0, 0.1) is 0 Å². The van der Waals surface area contributed by atoms with Crippen molar-refractivity contribution in [2.75, 3.05) is 0 Å². The maximum atomic E-state index is 6.19. The third kappa shape index (κ3) is 4.42. The summed E-state index contributed by atoms with van der Waals surface area (Å²) < 4.78 is 0. The first-order valence-electron chi connectivity index (χ1n) is 6.46. The van der Waals surface area contributed by atoms with E-state index in [4.69, 9.17) is 28.9 Å². The molecule has 0 aliphatic rings. The highest BCUT2D eigenvalue weighted by atomic mass is 35.5. The van der Waals surface area contributed by atoms with E-state index in [1.165, 1.54) is 10.5 Å². The molecule has 2 N–H and O–H groups in total. The summed E-state index contributed by atoms with van der Waals surface area (Å²) in [6.45, 7) is 2.01. The Kier molecular flexibility index (Phi) is 5.79. The van der Waals surface area contributed by atoms with Crippen LogP contribution in [0.5, 0.6) is 0 Å². The van der Waals surface area contributed by atoms with Crippen LogP contribution in [0.3, 0.4) is 0 Å². The zero-order chi connectivity index (χ0) is 14.5. The maximum Gasteiger partial charge on any atom is 0.0446 e. The molecule has 4 heteroatoms. The number of thioether (sulfide) groups is 1. The van der Waals surface area contributed by atoms with Crippen LogP contribution in [0.4, 0.5) is 0 Å². The van der Waals surface area contributed by atoms with Crippen LogP contribution in [0.1, 0.15) is 18.1 Å². The zero-order valence-corrected chi connectivity index (χ0v) is 13.6. The Morgan fingerprint density at radius 3 is 2.55 bits per heavy atom. The van der Waals surface area contributed by atoms with Crippen LogP contribution in [-0.4, -0.2) is 6.04 Å². The third-order valence-electron chi connectivity index (χ3n) is 2.91. The molecule has 106 valence electrons. The van der Waals surface area contributed by atoms with Gasteiger partial charge in [-0.3, -0.25) is 0 Å². The molecule has 0 radical (unpaired) electrons. The first-order valence-corrected chi connectivity index (χ1v) is 8.20. The van der Waals surface area contributed by atoms with E-state index >= 15 is 0 Å². The number of rotatable bonds is 5. The van der Waals surface area contributed by atoms with E-state index in [1.807, 2.05) is 43.3 Å². The lowest BCUT2D eigenvalue weighted by atomic mass is 10.1. The minimum atomic E-state index is 0.135. The van der Waals surface area contributed by atoms with E-state index in [-0.39, 0.29) is 6.04 Å². The SMILES string of the molecule is CC(N)Cc1ccc(Cl)cc1SCc1ccccc1Cl. The minimum absolute atomic E-state index is 0.135. The van der Waals surface area contributed by atoms with Crippen LogP contribution in [0.15, 0.2) is 47.4 Å². The fourth-order valence-electron chi connectivity index (χ4n) is 1.95. The van der Waals surface area contributed by atoms with Crippen LogP contribution in [0.2, 0.25) is 10.0 Å². The van der Waals surface area contributed by atoms with Crippen molar-refractivity contribution in [3.05, 3.63) is 63.6 Å². The average Bonchev–Trinajstić information content (AvgIpc) is 2.40. The maximum absolute atomic E-state index is 6.19. The van der Waals surface area contributed by atoms with Crippen molar-refractivity contribution in [3.63, 3.8) is 0 Å². The van der Waals surface area contributed by atoms with Crippen LogP contribution in [-0.2, 0) is 12.2 Å². The van der Waals surface area contributed by atoms with Crippen molar-refractivity contribution in [1.82, 2.24) is 0 Å². The van der Waals surface area contributed by atoms with Crippen molar-refractivity contribution in [3.8, 4) is 0 Å². The highest BCUT2D eigenvalue weighted by Gasteiger charge is 2.08. The molecule has 2 aromatic rings. The standard InChI is InChI=1S/C16H17Cl2NS/c1-11(19)8-12-6-7-14(17)9-16(12)20-10-13-4-2-3-5-15(13)18/h2-7,9,11H,8,10,19H2,1H3. The molecular weight excluding hydrogens is 309 g/mol. The van der Waals surface area contributed by atoms with Gasteiger partial charge in [-0.05, 0) is 42.7 Å². The molecular formula is C16H17Cl2NS. The second-order valence-electron chi connectivity index (χ2n) is 4.81. The van der Waals surface area contributed by atoms with Crippen molar-refractivity contribution in [2.45, 2.75) is 30.0 Å². The first-order chi connectivity index (χ1) is 9.56. The molecule has 0 fully saturated rings. The van der Waals surface area contributed by atoms with Gasteiger partial charge in [0.15, 0.2) is 0 Å². The van der Waals surface area contributed by atoms with Crippen LogP contribution in [0.25, 0.3) is 0 Å². The molecule has 0 amide bonds. The van der Waals surface area contributed by atoms with Gasteiger partial charge < -0.3 is 5.73 Å². The summed E-state index contributed by atoms with van der Waals surface area (Å²) in [4.78, 5) is 1.18. The summed E-state index contributed by atoms with van der Waals surface area (Å²) in [5.74, 6) is 0.825. The normalized spacial score (nSPS) is 12.4. The van der Waals surface area contributed by atoms with Crippen molar-refractivity contribution >= 4 is 35.0 Å². The molecule has 0 aliphatic carbocycles. The highest BCUT2D eigenvalue weighted by Crippen LogP contribution is 2.31. The van der Waals surface area contributed by atoms with Crippen LogP contribution < -0.4 is 5.73 Å². The lowest BCUT2D eigenvalue weighted by Gasteiger charge is -2.12. The summed E-state index contributed by atoms with van der Waals surface area (Å²) >= 11 is 14.0. The molecule has 0 saturated heterocycles. The van der Waals surface area contributed by atoms with Gasteiger partial charge in [0, 0.05) is 26.7 Å². The number of halogens is 2. The Balaban J connectivity index is 2.16. The molecule has 0 saturated carbocycles. The summed E-state index contributed by atoms with van der Waals surface area (Å²) in [5, 5.41) is 1.55. The predicted octanol–water partition coefficient (Wildman–Crippen LogP) is 5.18. The summed E-state index contributed by atoms with van der Waals surface area (Å²) in [7, 11) is 0. The Morgan fingerprint density at radius 2 is 1.85 bits per heavy atom. The van der Waals surface area contributed by atoms with Gasteiger partial charge in [0.25, 0.3) is 0 Å². The van der Waals surface area contributed by atoms with Gasteiger partial charge in [0.1, 0.15) is 0 Å². The molecule has 20 heavy (non-hydrogen) atoms. The van der Waals surface area contributed by atoms with Crippen LogP contribution >= 0.6 is 35.0 Å². The Hall–Kier alpha value is -0.670. The Bertz CT molecular complexity index is 584. The lowest BCUT2D eigenvalue weighted by Crippen LogP contribution is -2.18. The van der Waals surface area contributed by atoms with E-state index < -0.39 is 0 Å². The van der Waals surface area contributed by atoms with E-state index in [2.05, 4.69) is 6.07 Å². The Labute approximate surface area is 134 Å². The van der Waals surface area contributed by atoms with Crippen molar-refractivity contribution in [1.29, 1.82) is 0 Å². The molecule has 0 bridgehead atoms. The van der Waals surface area contributed by atoms with Gasteiger partial charge >= 0.3 is 0 Å². The van der Waals surface area contributed by atoms with Crippen molar-refractivity contribution < 1.29 is 0 Å². The third-order valence-corrected chi connectivity index (χ3v) is 4.66. The zero-order valence-electron chi connectivity index (χ0n) is 11.3. The molecule has 0 spiro atoms. The molecule has 0 aliphatic heterocycles. The number of benzene rings is 2. The van der Waals surface area contributed by atoms with Gasteiger partial charge in [-0.1, -0.05) is 47.5 Å². The molecule has 0 aromatic heterocycles. The fraction of sp³-hybridized carbons (Fsp3) is 0.250. The molecule has 1 unspecified atom stereocenters. The van der Waals surface area contributed by atoms with Gasteiger partial charge in [-0.2, -0.15) is 0 Å². The molecule has 2 rings (SSSR count). The monoisotopic (exact) mass is 325 g/mol. The van der Waals surface area contributed by atoms with Gasteiger partial charge in [-0.25, -0.2) is 0 Å². The second kappa shape index (κ2) is 7.37. The summed E-state index contributed by atoms with van der Waals surface area (Å²) in [5.41, 5.74) is 8.27. The summed E-state index contributed by atoms with van der Waals surface area (Å²) in [6.07, 6.45) is 0.849. The summed E-state index contributed by atoms with van der Waals surface area (Å²) in [6, 6.07) is 14.0. The highest BCUT2D eigenvalue weighted by molar-refractivity contribution is 7.98. The molecule has 0 heterocycles. The number of hydrogen-bond donors (Lipinski definition) is 1. The van der Waals surface area contributed by atoms with Gasteiger partial charge in [-0.15, -0.1) is 11.8 Å². The predicted molar refractivity (Wildman–Crippen MR) is 89.8 cm³/mol. The topological polar surface area (TPSA) is 26.0 Å². The van der Waals surface area contributed by atoms with Gasteiger partial charge in [0.05, 0.1) is 0 Å². The van der Waals surface area contributed by atoms with Gasteiger partial charge in [0.2, 0.25) is 0 Å². The first kappa shape index (κ1) is 15.7. The second-order valence-corrected chi connectivity index (χ2v) is 6.67. The quantitative estimate of drug-likeness (QED) is 0.767. The Morgan fingerprint density at radius 1 is 1.10 bits per heavy atom. The average molecular weight is 326 g/mol. The van der Waals surface area contributed by atoms with Crippen molar-refractivity contribution in [2.24, 2.45) is 5.73 Å². The smallest absolute Gasteiger partial charge is 0.0446 e. The minimum Gasteiger partial charge on any atom is -0.328 e. The van der Waals surface area contributed by atoms with E-state index in [0.29, 0.717) is 0 Å². The fourth-order valence-corrected chi connectivity index (χ4v) is 3.58. The molecule has 1 nitrogen and oxygen atoms in total. The van der Waals surface area contributed by atoms with E-state index in [9.17, 15) is 0 Å². The van der Waals surface area contributed by atoms with E-state index in [1.54, 1.807) is 11.8 Å². The largest absolute Gasteiger partial charge is 0.328 e. The number of nitrogens with two attached hydrogens (primary N) is 1. The molecule has 1 atom stereocenters. The number of hydrogen-bond acceptors (Lipinski definition) is 2. The van der Waals surface area contributed by atoms with E-state index in [0.717, 1.165) is 27.8 Å². The lowest BCUT2D eigenvalue weighted by molar-refractivity contribution is 0.729. The molecule has 2 aromatic carbocycles.